The molecule has 2 aromatic carbocycles. The highest BCUT2D eigenvalue weighted by Crippen LogP contribution is 2.42. The highest BCUT2D eigenvalue weighted by Gasteiger charge is 2.36. The number of morpholine rings is 1. The van der Waals surface area contributed by atoms with E-state index in [0.717, 1.165) is 25.0 Å². The van der Waals surface area contributed by atoms with Gasteiger partial charge in [-0.05, 0) is 36.4 Å². The van der Waals surface area contributed by atoms with E-state index in [4.69, 9.17) is 9.47 Å². The van der Waals surface area contributed by atoms with E-state index in [0.29, 0.717) is 30.2 Å². The van der Waals surface area contributed by atoms with E-state index in [1.165, 1.54) is 13.1 Å². The SMILES string of the molecule is CNC(=O)c1ccccc1Nc1c(C(F)(F)F)cnc2[nH]c(-c3cc(N4CCOCC4)ccc3OC)cc12. The predicted molar refractivity (Wildman–Crippen MR) is 139 cm³/mol. The van der Waals surface area contributed by atoms with Crippen molar-refractivity contribution in [2.24, 2.45) is 0 Å². The van der Waals surface area contributed by atoms with E-state index >= 15 is 0 Å². The van der Waals surface area contributed by atoms with Crippen LogP contribution in [0.15, 0.2) is 54.7 Å². The minimum atomic E-state index is -4.68. The maximum Gasteiger partial charge on any atom is 0.419 e. The Kier molecular flexibility index (Phi) is 6.85. The number of pyridine rings is 1. The van der Waals surface area contributed by atoms with E-state index in [1.54, 1.807) is 31.4 Å². The third-order valence-corrected chi connectivity index (χ3v) is 6.47. The maximum atomic E-state index is 14.1. The first kappa shape index (κ1) is 25.4. The Hall–Kier alpha value is -4.25. The van der Waals surface area contributed by atoms with Gasteiger partial charge in [0.15, 0.2) is 0 Å². The minimum Gasteiger partial charge on any atom is -0.496 e. The van der Waals surface area contributed by atoms with Crippen LogP contribution in [0.5, 0.6) is 5.75 Å². The lowest BCUT2D eigenvalue weighted by Crippen LogP contribution is -2.36. The Labute approximate surface area is 216 Å². The second-order valence-corrected chi connectivity index (χ2v) is 8.72. The van der Waals surface area contributed by atoms with E-state index in [-0.39, 0.29) is 28.0 Å². The van der Waals surface area contributed by atoms with Crippen molar-refractivity contribution in [1.82, 2.24) is 15.3 Å². The van der Waals surface area contributed by atoms with Crippen molar-refractivity contribution in [2.45, 2.75) is 6.18 Å². The molecule has 5 rings (SSSR count). The molecule has 198 valence electrons. The lowest BCUT2D eigenvalue weighted by atomic mass is 10.1. The number of aromatic nitrogens is 2. The molecular formula is C27H26F3N5O3. The van der Waals surface area contributed by atoms with Gasteiger partial charge >= 0.3 is 6.18 Å². The standard InChI is InChI=1S/C27H26F3N5O3/c1-31-26(36)17-5-3-4-6-21(17)33-24-19-14-22(34-25(19)32-15-20(24)27(28,29)30)18-13-16(7-8-23(18)37-2)35-9-11-38-12-10-35/h3-8,13-15H,9-12H2,1-2H3,(H,31,36)(H2,32,33,34). The van der Waals surface area contributed by atoms with Gasteiger partial charge in [0.25, 0.3) is 5.91 Å². The molecule has 0 saturated carbocycles. The number of ether oxygens (including phenoxy) is 2. The number of alkyl halides is 3. The number of H-pyrrole nitrogens is 1. The molecular weight excluding hydrogens is 499 g/mol. The van der Waals surface area contributed by atoms with Crippen LogP contribution in [-0.4, -0.2) is 56.3 Å². The van der Waals surface area contributed by atoms with Gasteiger partial charge in [-0.15, -0.1) is 0 Å². The first-order valence-corrected chi connectivity index (χ1v) is 12.0. The average Bonchev–Trinajstić information content (AvgIpc) is 3.37. The van der Waals surface area contributed by atoms with Crippen molar-refractivity contribution in [3.05, 3.63) is 65.9 Å². The van der Waals surface area contributed by atoms with Crippen molar-refractivity contribution in [1.29, 1.82) is 0 Å². The van der Waals surface area contributed by atoms with Gasteiger partial charge in [0.1, 0.15) is 11.4 Å². The summed E-state index contributed by atoms with van der Waals surface area (Å²) in [6, 6.07) is 13.7. The molecule has 4 aromatic rings. The number of aromatic amines is 1. The number of methoxy groups -OCH3 is 1. The summed E-state index contributed by atoms with van der Waals surface area (Å²) in [5.41, 5.74) is 1.72. The lowest BCUT2D eigenvalue weighted by Gasteiger charge is -2.29. The van der Waals surface area contributed by atoms with Crippen LogP contribution in [0.3, 0.4) is 0 Å². The largest absolute Gasteiger partial charge is 0.496 e. The van der Waals surface area contributed by atoms with E-state index < -0.39 is 17.6 Å². The molecule has 11 heteroatoms. The van der Waals surface area contributed by atoms with Crippen LogP contribution in [-0.2, 0) is 10.9 Å². The highest BCUT2D eigenvalue weighted by atomic mass is 19.4. The molecule has 1 aliphatic rings. The number of benzene rings is 2. The molecule has 1 aliphatic heterocycles. The summed E-state index contributed by atoms with van der Waals surface area (Å²) in [6.45, 7) is 2.69. The number of hydrogen-bond acceptors (Lipinski definition) is 6. The number of fused-ring (bicyclic) bond motifs is 1. The molecule has 1 fully saturated rings. The molecule has 1 saturated heterocycles. The van der Waals surface area contributed by atoms with E-state index in [9.17, 15) is 18.0 Å². The summed E-state index contributed by atoms with van der Waals surface area (Å²) in [5.74, 6) is 0.135. The second-order valence-electron chi connectivity index (χ2n) is 8.72. The number of carbonyl (C=O) groups excluding carboxylic acids is 1. The fraction of sp³-hybridized carbons (Fsp3) is 0.259. The lowest BCUT2D eigenvalue weighted by molar-refractivity contribution is -0.137. The first-order chi connectivity index (χ1) is 18.3. The van der Waals surface area contributed by atoms with Crippen molar-refractivity contribution in [3.63, 3.8) is 0 Å². The van der Waals surface area contributed by atoms with Crippen LogP contribution in [0.25, 0.3) is 22.3 Å². The molecule has 38 heavy (non-hydrogen) atoms. The summed E-state index contributed by atoms with van der Waals surface area (Å²) < 4.78 is 53.3. The Balaban J connectivity index is 1.65. The summed E-state index contributed by atoms with van der Waals surface area (Å²) in [6.07, 6.45) is -3.90. The molecule has 0 atom stereocenters. The number of para-hydroxylation sites is 1. The zero-order valence-corrected chi connectivity index (χ0v) is 20.8. The van der Waals surface area contributed by atoms with Gasteiger partial charge in [-0.25, -0.2) is 4.98 Å². The normalized spacial score (nSPS) is 14.0. The number of halogens is 3. The quantitative estimate of drug-likeness (QED) is 0.321. The molecule has 0 bridgehead atoms. The zero-order valence-electron chi connectivity index (χ0n) is 20.8. The van der Waals surface area contributed by atoms with Gasteiger partial charge in [-0.1, -0.05) is 12.1 Å². The number of amides is 1. The Bertz CT molecular complexity index is 1480. The van der Waals surface area contributed by atoms with Gasteiger partial charge in [0.2, 0.25) is 0 Å². The van der Waals surface area contributed by atoms with Crippen LogP contribution in [0.1, 0.15) is 15.9 Å². The number of nitrogens with one attached hydrogen (secondary N) is 3. The van der Waals surface area contributed by atoms with Crippen LogP contribution in [0, 0.1) is 0 Å². The van der Waals surface area contributed by atoms with Crippen molar-refractivity contribution in [3.8, 4) is 17.0 Å². The monoisotopic (exact) mass is 525 g/mol. The number of anilines is 3. The third kappa shape index (κ3) is 4.84. The van der Waals surface area contributed by atoms with Crippen LogP contribution < -0.4 is 20.3 Å². The number of rotatable bonds is 6. The van der Waals surface area contributed by atoms with Gasteiger partial charge in [0, 0.05) is 43.0 Å². The van der Waals surface area contributed by atoms with Crippen LogP contribution in [0.2, 0.25) is 0 Å². The fourth-order valence-corrected chi connectivity index (χ4v) is 4.55. The summed E-state index contributed by atoms with van der Waals surface area (Å²) >= 11 is 0. The number of nitrogens with zero attached hydrogens (tertiary/aromatic N) is 2. The van der Waals surface area contributed by atoms with Crippen LogP contribution >= 0.6 is 0 Å². The van der Waals surface area contributed by atoms with Crippen molar-refractivity contribution >= 4 is 34.0 Å². The fourth-order valence-electron chi connectivity index (χ4n) is 4.55. The molecule has 3 N–H and O–H groups in total. The second kappa shape index (κ2) is 10.3. The Morgan fingerprint density at radius 2 is 1.89 bits per heavy atom. The van der Waals surface area contributed by atoms with E-state index in [1.807, 2.05) is 18.2 Å². The highest BCUT2D eigenvalue weighted by molar-refractivity contribution is 6.03. The predicted octanol–water partition coefficient (Wildman–Crippen LogP) is 5.20. The Morgan fingerprint density at radius 1 is 1.13 bits per heavy atom. The van der Waals surface area contributed by atoms with Gasteiger partial charge in [-0.3, -0.25) is 4.79 Å². The first-order valence-electron chi connectivity index (χ1n) is 12.0. The van der Waals surface area contributed by atoms with E-state index in [2.05, 4.69) is 25.5 Å². The third-order valence-electron chi connectivity index (χ3n) is 6.47. The Morgan fingerprint density at radius 3 is 2.61 bits per heavy atom. The maximum absolute atomic E-state index is 14.1. The molecule has 8 nitrogen and oxygen atoms in total. The smallest absolute Gasteiger partial charge is 0.419 e. The summed E-state index contributed by atoms with van der Waals surface area (Å²) in [5, 5.41) is 5.61. The topological polar surface area (TPSA) is 91.5 Å². The number of carbonyl (C=O) groups is 1. The molecule has 0 aliphatic carbocycles. The molecule has 0 spiro atoms. The average molecular weight is 526 g/mol. The van der Waals surface area contributed by atoms with Crippen molar-refractivity contribution in [2.75, 3.05) is 50.7 Å². The van der Waals surface area contributed by atoms with Gasteiger partial charge in [0.05, 0.1) is 48.5 Å². The minimum absolute atomic E-state index is 0.204. The molecule has 3 heterocycles. The summed E-state index contributed by atoms with van der Waals surface area (Å²) in [4.78, 5) is 21.8. The summed E-state index contributed by atoms with van der Waals surface area (Å²) in [7, 11) is 3.00. The number of hydrogen-bond donors (Lipinski definition) is 3. The zero-order chi connectivity index (χ0) is 26.9. The van der Waals surface area contributed by atoms with Gasteiger partial charge in [-0.2, -0.15) is 13.2 Å². The molecule has 0 unspecified atom stereocenters. The molecule has 0 radical (unpaired) electrons. The van der Waals surface area contributed by atoms with Crippen molar-refractivity contribution < 1.29 is 27.4 Å². The molecule has 1 amide bonds. The van der Waals surface area contributed by atoms with Crippen LogP contribution in [0.4, 0.5) is 30.2 Å². The van der Waals surface area contributed by atoms with Gasteiger partial charge < -0.3 is 30.0 Å². The molecule has 2 aromatic heterocycles.